The zero-order valence-electron chi connectivity index (χ0n) is 10.2. The number of halogens is 1. The first kappa shape index (κ1) is 13.3. The van der Waals surface area contributed by atoms with E-state index in [1.807, 2.05) is 6.07 Å². The zero-order chi connectivity index (χ0) is 12.3. The second-order valence-electron chi connectivity index (χ2n) is 4.43. The Bertz CT molecular complexity index is 363. The molecule has 96 valence electrons. The molecule has 2 unspecified atom stereocenters. The van der Waals surface area contributed by atoms with Crippen molar-refractivity contribution in [1.29, 1.82) is 0 Å². The highest BCUT2D eigenvalue weighted by molar-refractivity contribution is 7.16. The van der Waals surface area contributed by atoms with E-state index in [9.17, 15) is 0 Å². The normalized spacial score (nSPS) is 26.3. The lowest BCUT2D eigenvalue weighted by molar-refractivity contribution is -0.0171. The summed E-state index contributed by atoms with van der Waals surface area (Å²) in [5.41, 5.74) is -0.157. The number of methoxy groups -OCH3 is 1. The van der Waals surface area contributed by atoms with Crippen molar-refractivity contribution >= 4 is 22.9 Å². The van der Waals surface area contributed by atoms with Gasteiger partial charge in [-0.15, -0.1) is 11.3 Å². The minimum atomic E-state index is -0.157. The van der Waals surface area contributed by atoms with Crippen molar-refractivity contribution < 1.29 is 9.47 Å². The highest BCUT2D eigenvalue weighted by atomic mass is 35.5. The zero-order valence-corrected chi connectivity index (χ0v) is 11.7. The van der Waals surface area contributed by atoms with E-state index in [4.69, 9.17) is 21.1 Å². The number of nitrogens with one attached hydrogen (secondary N) is 1. The fourth-order valence-corrected chi connectivity index (χ4v) is 3.05. The number of ether oxygens (including phenoxy) is 2. The molecule has 17 heavy (non-hydrogen) atoms. The Morgan fingerprint density at radius 2 is 2.47 bits per heavy atom. The van der Waals surface area contributed by atoms with Crippen LogP contribution in [0.25, 0.3) is 0 Å². The van der Waals surface area contributed by atoms with Crippen molar-refractivity contribution in [1.82, 2.24) is 5.32 Å². The molecule has 1 fully saturated rings. The molecule has 1 saturated heterocycles. The number of thiophene rings is 1. The van der Waals surface area contributed by atoms with Gasteiger partial charge in [-0.1, -0.05) is 11.6 Å². The van der Waals surface area contributed by atoms with Crippen LogP contribution < -0.4 is 5.32 Å². The van der Waals surface area contributed by atoms with Crippen molar-refractivity contribution in [2.75, 3.05) is 26.9 Å². The molecule has 1 aliphatic rings. The van der Waals surface area contributed by atoms with E-state index in [1.54, 1.807) is 18.4 Å². The number of hydrogen-bond acceptors (Lipinski definition) is 4. The van der Waals surface area contributed by atoms with E-state index in [2.05, 4.69) is 18.3 Å². The van der Waals surface area contributed by atoms with Crippen LogP contribution in [0.15, 0.2) is 12.1 Å². The Morgan fingerprint density at radius 3 is 3.00 bits per heavy atom. The SMILES string of the molecule is COC1(CNC(C)c2ccc(Cl)s2)CCOC1. The van der Waals surface area contributed by atoms with Gasteiger partial charge in [-0.05, 0) is 19.1 Å². The van der Waals surface area contributed by atoms with E-state index in [0.717, 1.165) is 23.9 Å². The third-order valence-corrected chi connectivity index (χ3v) is 4.67. The van der Waals surface area contributed by atoms with Gasteiger partial charge in [0.25, 0.3) is 0 Å². The van der Waals surface area contributed by atoms with Crippen molar-refractivity contribution in [3.05, 3.63) is 21.3 Å². The largest absolute Gasteiger partial charge is 0.378 e. The van der Waals surface area contributed by atoms with Crippen molar-refractivity contribution in [2.45, 2.75) is 25.0 Å². The standard InChI is InChI=1S/C12H18ClNO2S/c1-9(10-3-4-11(13)17-10)14-7-12(15-2)5-6-16-8-12/h3-4,9,14H,5-8H2,1-2H3. The van der Waals surface area contributed by atoms with Crippen LogP contribution in [0.2, 0.25) is 4.34 Å². The van der Waals surface area contributed by atoms with Crippen molar-refractivity contribution in [3.8, 4) is 0 Å². The maximum atomic E-state index is 5.93. The molecule has 0 saturated carbocycles. The summed E-state index contributed by atoms with van der Waals surface area (Å²) in [6.07, 6.45) is 0.953. The quantitative estimate of drug-likeness (QED) is 0.896. The third-order valence-electron chi connectivity index (χ3n) is 3.25. The first-order valence-electron chi connectivity index (χ1n) is 5.77. The third kappa shape index (κ3) is 3.20. The molecule has 3 nitrogen and oxygen atoms in total. The Kier molecular flexibility index (Phi) is 4.44. The Labute approximate surface area is 111 Å². The van der Waals surface area contributed by atoms with E-state index in [0.29, 0.717) is 12.6 Å². The van der Waals surface area contributed by atoms with Gasteiger partial charge in [-0.25, -0.2) is 0 Å². The molecule has 2 rings (SSSR count). The predicted molar refractivity (Wildman–Crippen MR) is 70.9 cm³/mol. The Morgan fingerprint density at radius 1 is 1.65 bits per heavy atom. The summed E-state index contributed by atoms with van der Waals surface area (Å²) in [7, 11) is 1.75. The van der Waals surface area contributed by atoms with Crippen LogP contribution >= 0.6 is 22.9 Å². The van der Waals surface area contributed by atoms with Crippen molar-refractivity contribution in [2.24, 2.45) is 0 Å². The van der Waals surface area contributed by atoms with Gasteiger partial charge in [0, 0.05) is 37.6 Å². The summed E-state index contributed by atoms with van der Waals surface area (Å²) in [6.45, 7) is 4.41. The smallest absolute Gasteiger partial charge is 0.106 e. The molecule has 1 aromatic rings. The van der Waals surface area contributed by atoms with E-state index in [1.165, 1.54) is 4.88 Å². The molecule has 2 heterocycles. The van der Waals surface area contributed by atoms with Gasteiger partial charge in [-0.3, -0.25) is 0 Å². The van der Waals surface area contributed by atoms with Crippen LogP contribution in [0.3, 0.4) is 0 Å². The van der Waals surface area contributed by atoms with E-state index in [-0.39, 0.29) is 5.60 Å². The molecule has 0 bridgehead atoms. The van der Waals surface area contributed by atoms with Crippen LogP contribution in [0.4, 0.5) is 0 Å². The Balaban J connectivity index is 1.89. The van der Waals surface area contributed by atoms with Gasteiger partial charge in [0.15, 0.2) is 0 Å². The molecule has 0 radical (unpaired) electrons. The van der Waals surface area contributed by atoms with Gasteiger partial charge < -0.3 is 14.8 Å². The first-order chi connectivity index (χ1) is 8.15. The fourth-order valence-electron chi connectivity index (χ4n) is 1.96. The molecule has 2 atom stereocenters. The second-order valence-corrected chi connectivity index (χ2v) is 6.18. The average Bonchev–Trinajstić information content (AvgIpc) is 2.95. The summed E-state index contributed by atoms with van der Waals surface area (Å²) < 4.78 is 11.8. The summed E-state index contributed by atoms with van der Waals surface area (Å²) in [4.78, 5) is 1.25. The monoisotopic (exact) mass is 275 g/mol. The average molecular weight is 276 g/mol. The minimum absolute atomic E-state index is 0.157. The minimum Gasteiger partial charge on any atom is -0.378 e. The lowest BCUT2D eigenvalue weighted by Crippen LogP contribution is -2.43. The topological polar surface area (TPSA) is 30.5 Å². The van der Waals surface area contributed by atoms with Gasteiger partial charge in [-0.2, -0.15) is 0 Å². The summed E-state index contributed by atoms with van der Waals surface area (Å²) in [6, 6.07) is 4.29. The van der Waals surface area contributed by atoms with Crippen LogP contribution in [0, 0.1) is 0 Å². The lowest BCUT2D eigenvalue weighted by atomic mass is 10.0. The van der Waals surface area contributed by atoms with Gasteiger partial charge in [0.1, 0.15) is 5.60 Å². The van der Waals surface area contributed by atoms with Crippen LogP contribution in [0.1, 0.15) is 24.3 Å². The summed E-state index contributed by atoms with van der Waals surface area (Å²) >= 11 is 7.55. The van der Waals surface area contributed by atoms with E-state index >= 15 is 0 Å². The molecule has 0 spiro atoms. The van der Waals surface area contributed by atoms with E-state index < -0.39 is 0 Å². The molecular formula is C12H18ClNO2S. The molecule has 1 aromatic heterocycles. The lowest BCUT2D eigenvalue weighted by Gasteiger charge is -2.27. The maximum absolute atomic E-state index is 5.93. The van der Waals surface area contributed by atoms with Gasteiger partial charge in [0.2, 0.25) is 0 Å². The number of rotatable bonds is 5. The second kappa shape index (κ2) is 5.67. The van der Waals surface area contributed by atoms with Crippen LogP contribution in [-0.2, 0) is 9.47 Å². The van der Waals surface area contributed by atoms with Crippen LogP contribution in [0.5, 0.6) is 0 Å². The molecule has 1 N–H and O–H groups in total. The highest BCUT2D eigenvalue weighted by Gasteiger charge is 2.35. The number of hydrogen-bond donors (Lipinski definition) is 1. The maximum Gasteiger partial charge on any atom is 0.106 e. The molecule has 0 amide bonds. The summed E-state index contributed by atoms with van der Waals surface area (Å²) in [5, 5.41) is 3.49. The molecule has 5 heteroatoms. The van der Waals surface area contributed by atoms with Crippen LogP contribution in [-0.4, -0.2) is 32.5 Å². The van der Waals surface area contributed by atoms with Gasteiger partial charge >= 0.3 is 0 Å². The Hall–Kier alpha value is -0.130. The molecule has 0 aromatic carbocycles. The fraction of sp³-hybridized carbons (Fsp3) is 0.667. The molecule has 0 aliphatic carbocycles. The molecule has 1 aliphatic heterocycles. The highest BCUT2D eigenvalue weighted by Crippen LogP contribution is 2.28. The molecular weight excluding hydrogens is 258 g/mol. The van der Waals surface area contributed by atoms with Crippen molar-refractivity contribution in [3.63, 3.8) is 0 Å². The van der Waals surface area contributed by atoms with Gasteiger partial charge in [0.05, 0.1) is 10.9 Å². The first-order valence-corrected chi connectivity index (χ1v) is 6.96. The predicted octanol–water partition coefficient (Wildman–Crippen LogP) is 2.86. The summed E-state index contributed by atoms with van der Waals surface area (Å²) in [5.74, 6) is 0.